The molecule has 0 aromatic carbocycles. The minimum Gasteiger partial charge on any atom is -0.481 e. The number of nitrogens with zero attached hydrogens (tertiary/aromatic N) is 1. The lowest BCUT2D eigenvalue weighted by Crippen LogP contribution is -2.35. The van der Waals surface area contributed by atoms with E-state index < -0.39 is 23.5 Å². The molecule has 77 heavy (non-hydrogen) atoms. The molecule has 2 N–H and O–H groups in total. The number of hydrogen-bond acceptors (Lipinski definition) is 8. The molecule has 444 valence electrons. The number of hydrogen-bond donors (Lipinski definition) is 2. The normalized spacial score (nSPS) is 12.3. The van der Waals surface area contributed by atoms with Gasteiger partial charge in [-0.2, -0.15) is 0 Å². The quantitative estimate of drug-likeness (QED) is 0.0344. The van der Waals surface area contributed by atoms with Crippen LogP contribution in [0.25, 0.3) is 0 Å². The van der Waals surface area contributed by atoms with Crippen molar-refractivity contribution in [2.24, 2.45) is 5.41 Å². The van der Waals surface area contributed by atoms with E-state index in [1.54, 1.807) is 0 Å². The Balaban J connectivity index is 5.32. The molecule has 0 unspecified atom stereocenters. The maximum Gasteiger partial charge on any atom is 0.508 e. The van der Waals surface area contributed by atoms with Crippen LogP contribution in [-0.4, -0.2) is 78.6 Å². The van der Waals surface area contributed by atoms with Crippen LogP contribution in [0.15, 0.2) is 72.9 Å². The third-order valence-electron chi connectivity index (χ3n) is 14.5. The largest absolute Gasteiger partial charge is 0.508 e. The number of unbranched alkanes of at least 4 members (excludes halogenated alkanes) is 26. The first-order chi connectivity index (χ1) is 37.7. The van der Waals surface area contributed by atoms with Crippen molar-refractivity contribution in [1.82, 2.24) is 4.90 Å². The minimum atomic E-state index is -0.700. The van der Waals surface area contributed by atoms with Crippen molar-refractivity contribution in [3.8, 4) is 0 Å². The highest BCUT2D eigenvalue weighted by atomic mass is 16.7. The van der Waals surface area contributed by atoms with E-state index in [0.717, 1.165) is 225 Å². The van der Waals surface area contributed by atoms with Crippen LogP contribution in [0.4, 0.5) is 4.79 Å². The van der Waals surface area contributed by atoms with Gasteiger partial charge in [0.05, 0.1) is 6.61 Å². The Bertz CT molecular complexity index is 1480. The predicted molar refractivity (Wildman–Crippen MR) is 324 cm³/mol. The fourth-order valence-corrected chi connectivity index (χ4v) is 9.46. The van der Waals surface area contributed by atoms with Crippen molar-refractivity contribution < 1.29 is 43.6 Å². The Labute approximate surface area is 472 Å². The van der Waals surface area contributed by atoms with Gasteiger partial charge in [0, 0.05) is 31.2 Å². The summed E-state index contributed by atoms with van der Waals surface area (Å²) >= 11 is 0. The van der Waals surface area contributed by atoms with Crippen molar-refractivity contribution in [3.63, 3.8) is 0 Å². The highest BCUT2D eigenvalue weighted by Crippen LogP contribution is 2.34. The lowest BCUT2D eigenvalue weighted by atomic mass is 9.79. The van der Waals surface area contributed by atoms with E-state index >= 15 is 0 Å². The SMILES string of the molecule is CCCCC/C=C\C/C=C\CCCCCCCC(=O)OCC(CCCCCC/C=C\C/C=C\CCCCCCCC(=O)O)(CCCCCC/C=C\C/C=C\CCCCCCCC(=O)O)COC(=O)OCCCN(CC)CC. The van der Waals surface area contributed by atoms with Crippen molar-refractivity contribution in [2.75, 3.05) is 39.5 Å². The van der Waals surface area contributed by atoms with Crippen molar-refractivity contribution >= 4 is 24.1 Å². The number of carboxylic acids is 2. The summed E-state index contributed by atoms with van der Waals surface area (Å²) in [6.45, 7) is 10.1. The average Bonchev–Trinajstić information content (AvgIpc) is 3.42. The highest BCUT2D eigenvalue weighted by Gasteiger charge is 2.33. The molecule has 0 amide bonds. The molecule has 0 aromatic rings. The number of ether oxygens (including phenoxy) is 3. The Morgan fingerprint density at radius 2 is 0.714 bits per heavy atom. The maximum atomic E-state index is 13.3. The zero-order valence-electron chi connectivity index (χ0n) is 49.9. The smallest absolute Gasteiger partial charge is 0.481 e. The number of aliphatic carboxylic acids is 2. The third-order valence-corrected chi connectivity index (χ3v) is 14.5. The average molecular weight is 1080 g/mol. The van der Waals surface area contributed by atoms with Crippen molar-refractivity contribution in [1.29, 1.82) is 0 Å². The molecule has 0 spiro atoms. The summed E-state index contributed by atoms with van der Waals surface area (Å²) in [6.07, 6.45) is 67.6. The van der Waals surface area contributed by atoms with Gasteiger partial charge < -0.3 is 29.3 Å². The first kappa shape index (κ1) is 73.1. The van der Waals surface area contributed by atoms with Gasteiger partial charge in [-0.1, -0.05) is 203 Å². The molecule has 10 heteroatoms. The van der Waals surface area contributed by atoms with Gasteiger partial charge in [0.15, 0.2) is 0 Å². The molecule has 0 aliphatic carbocycles. The number of allylic oxidation sites excluding steroid dienone is 12. The Morgan fingerprint density at radius 1 is 0.377 bits per heavy atom. The molecule has 0 heterocycles. The van der Waals surface area contributed by atoms with Gasteiger partial charge in [-0.15, -0.1) is 0 Å². The van der Waals surface area contributed by atoms with E-state index in [0.29, 0.717) is 13.0 Å². The monoisotopic (exact) mass is 1080 g/mol. The van der Waals surface area contributed by atoms with Gasteiger partial charge in [-0.05, 0) is 148 Å². The summed E-state index contributed by atoms with van der Waals surface area (Å²) < 4.78 is 17.6. The molecule has 0 saturated carbocycles. The molecular formula is C67H117NO9. The number of carbonyl (C=O) groups excluding carboxylic acids is 2. The summed E-state index contributed by atoms with van der Waals surface area (Å²) in [6, 6.07) is 0. The second-order valence-corrected chi connectivity index (χ2v) is 21.6. The molecule has 0 fully saturated rings. The van der Waals surface area contributed by atoms with E-state index in [1.165, 1.54) is 38.5 Å². The highest BCUT2D eigenvalue weighted by molar-refractivity contribution is 5.69. The van der Waals surface area contributed by atoms with E-state index in [9.17, 15) is 19.2 Å². The molecule has 0 aliphatic heterocycles. The molecule has 0 radical (unpaired) electrons. The zero-order chi connectivity index (χ0) is 56.2. The molecule has 0 saturated heterocycles. The van der Waals surface area contributed by atoms with Gasteiger partial charge >= 0.3 is 24.1 Å². The standard InChI is InChI=1S/C67H117NO9/c1-4-7-8-9-10-11-12-13-18-25-30-35-40-45-50-56-65(73)76-61-67(62-77-66(74)75-60-53-59-68(5-2)6-3,57-51-46-41-36-31-26-21-16-14-19-23-28-33-38-43-48-54-63(69)70)58-52-47-42-37-32-27-22-17-15-20-24-29-34-39-44-49-55-64(71)72/h10-11,13-15,18-22,26-27H,4-9,12,16-17,23-25,28-62H2,1-3H3,(H,69,70)(H,71,72)/b11-10-,18-13-,19-14-,20-15-,26-21-,27-22-. The minimum absolute atomic E-state index is 0.155. The van der Waals surface area contributed by atoms with Crippen LogP contribution in [0.3, 0.4) is 0 Å². The number of esters is 1. The molecule has 0 aromatic heterocycles. The first-order valence-corrected chi connectivity index (χ1v) is 31.7. The van der Waals surface area contributed by atoms with Crippen LogP contribution in [0, 0.1) is 5.41 Å². The predicted octanol–water partition coefficient (Wildman–Crippen LogP) is 19.5. The van der Waals surface area contributed by atoms with Crippen LogP contribution in [-0.2, 0) is 28.6 Å². The topological polar surface area (TPSA) is 140 Å². The van der Waals surface area contributed by atoms with Gasteiger partial charge in [-0.3, -0.25) is 14.4 Å². The van der Waals surface area contributed by atoms with Crippen LogP contribution in [0.5, 0.6) is 0 Å². The Kier molecular flexibility index (Phi) is 55.3. The zero-order valence-corrected chi connectivity index (χ0v) is 49.9. The van der Waals surface area contributed by atoms with E-state index in [-0.39, 0.29) is 32.0 Å². The Morgan fingerprint density at radius 3 is 1.09 bits per heavy atom. The summed E-state index contributed by atoms with van der Waals surface area (Å²) in [5, 5.41) is 17.6. The molecule has 0 bridgehead atoms. The number of carboxylic acid groups (broad SMARTS) is 2. The lowest BCUT2D eigenvalue weighted by Gasteiger charge is -2.33. The van der Waals surface area contributed by atoms with Crippen LogP contribution in [0.1, 0.15) is 284 Å². The molecule has 0 rings (SSSR count). The second-order valence-electron chi connectivity index (χ2n) is 21.6. The molecule has 10 nitrogen and oxygen atoms in total. The third kappa shape index (κ3) is 55.2. The molecule has 0 atom stereocenters. The second kappa shape index (κ2) is 58.2. The number of rotatable bonds is 58. The van der Waals surface area contributed by atoms with Crippen molar-refractivity contribution in [3.05, 3.63) is 72.9 Å². The van der Waals surface area contributed by atoms with E-state index in [1.807, 2.05) is 0 Å². The van der Waals surface area contributed by atoms with Gasteiger partial charge in [-0.25, -0.2) is 4.79 Å². The molecular weight excluding hydrogens is 963 g/mol. The van der Waals surface area contributed by atoms with E-state index in [4.69, 9.17) is 24.4 Å². The lowest BCUT2D eigenvalue weighted by molar-refractivity contribution is -0.149. The summed E-state index contributed by atoms with van der Waals surface area (Å²) in [5.74, 6) is -1.56. The fraction of sp³-hybridized carbons (Fsp3) is 0.761. The van der Waals surface area contributed by atoms with Gasteiger partial charge in [0.1, 0.15) is 13.2 Å². The summed E-state index contributed by atoms with van der Waals surface area (Å²) in [5.41, 5.74) is -0.465. The molecule has 0 aliphatic rings. The summed E-state index contributed by atoms with van der Waals surface area (Å²) in [4.78, 5) is 50.0. The van der Waals surface area contributed by atoms with Gasteiger partial charge in [0.2, 0.25) is 0 Å². The van der Waals surface area contributed by atoms with Crippen LogP contribution in [0.2, 0.25) is 0 Å². The first-order valence-electron chi connectivity index (χ1n) is 31.7. The summed E-state index contributed by atoms with van der Waals surface area (Å²) in [7, 11) is 0. The number of carbonyl (C=O) groups is 4. The fourth-order valence-electron chi connectivity index (χ4n) is 9.46. The van der Waals surface area contributed by atoms with Crippen LogP contribution < -0.4 is 0 Å². The maximum absolute atomic E-state index is 13.3. The van der Waals surface area contributed by atoms with Crippen LogP contribution >= 0.6 is 0 Å². The van der Waals surface area contributed by atoms with Gasteiger partial charge in [0.25, 0.3) is 0 Å². The Hall–Kier alpha value is -3.92. The van der Waals surface area contributed by atoms with Crippen molar-refractivity contribution in [2.45, 2.75) is 284 Å². The van der Waals surface area contributed by atoms with E-state index in [2.05, 4.69) is 98.6 Å².